The molecular formula is C13H12N2O2. The molecular weight excluding hydrogens is 216 g/mol. The number of benzene rings is 2. The molecule has 0 unspecified atom stereocenters. The molecule has 0 amide bonds. The average Bonchev–Trinajstić information content (AvgIpc) is 2.77. The fourth-order valence-corrected chi connectivity index (χ4v) is 2.11. The number of methoxy groups -OCH3 is 1. The Hall–Kier alpha value is -2.23. The van der Waals surface area contributed by atoms with Crippen LogP contribution in [0.1, 0.15) is 0 Å². The lowest BCUT2D eigenvalue weighted by molar-refractivity contribution is 0.140. The Morgan fingerprint density at radius 1 is 1.06 bits per heavy atom. The largest absolute Gasteiger partial charge is 0.479 e. The fourth-order valence-electron chi connectivity index (χ4n) is 2.11. The van der Waals surface area contributed by atoms with E-state index in [1.165, 1.54) is 4.85 Å². The van der Waals surface area contributed by atoms with Crippen LogP contribution >= 0.6 is 0 Å². The second-order valence-corrected chi connectivity index (χ2v) is 3.75. The van der Waals surface area contributed by atoms with E-state index in [9.17, 15) is 0 Å². The minimum atomic E-state index is 0.582. The Morgan fingerprint density at radius 3 is 2.65 bits per heavy atom. The molecule has 0 atom stereocenters. The van der Waals surface area contributed by atoms with Gasteiger partial charge in [-0.25, -0.2) is 0 Å². The van der Waals surface area contributed by atoms with Gasteiger partial charge in [-0.2, -0.15) is 0 Å². The molecule has 1 heterocycles. The van der Waals surface area contributed by atoms with E-state index in [4.69, 9.17) is 9.57 Å². The molecule has 0 fully saturated rings. The Labute approximate surface area is 98.3 Å². The van der Waals surface area contributed by atoms with Crippen molar-refractivity contribution in [1.82, 2.24) is 9.94 Å². The van der Waals surface area contributed by atoms with Gasteiger partial charge in [0, 0.05) is 0 Å². The molecule has 2 aromatic carbocycles. The third-order valence-electron chi connectivity index (χ3n) is 2.87. The molecule has 4 heteroatoms. The van der Waals surface area contributed by atoms with Gasteiger partial charge >= 0.3 is 0 Å². The second kappa shape index (κ2) is 3.66. The number of ether oxygens (including phenoxy) is 1. The molecule has 17 heavy (non-hydrogen) atoms. The topological polar surface area (TPSA) is 36.3 Å². The van der Waals surface area contributed by atoms with Crippen LogP contribution in [0.3, 0.4) is 0 Å². The summed E-state index contributed by atoms with van der Waals surface area (Å²) >= 11 is 0. The highest BCUT2D eigenvalue weighted by molar-refractivity contribution is 6.09. The van der Waals surface area contributed by atoms with E-state index in [-0.39, 0.29) is 0 Å². The van der Waals surface area contributed by atoms with Crippen molar-refractivity contribution in [3.8, 4) is 5.88 Å². The summed E-state index contributed by atoms with van der Waals surface area (Å²) in [6, 6.07) is 12.2. The van der Waals surface area contributed by atoms with Crippen molar-refractivity contribution in [2.75, 3.05) is 14.2 Å². The van der Waals surface area contributed by atoms with E-state index < -0.39 is 0 Å². The standard InChI is InChI=1S/C13H12N2O2/c1-16-13-12-10-6-4-3-5-9(10)7-8-11(12)15(14-13)17-2/h3-8H,1-2H3. The number of nitrogens with zero attached hydrogens (tertiary/aromatic N) is 2. The van der Waals surface area contributed by atoms with Gasteiger partial charge in [-0.15, -0.1) is 0 Å². The summed E-state index contributed by atoms with van der Waals surface area (Å²) in [5, 5.41) is 7.50. The molecule has 3 aromatic rings. The quantitative estimate of drug-likeness (QED) is 0.675. The number of hydrogen-bond acceptors (Lipinski definition) is 3. The van der Waals surface area contributed by atoms with E-state index in [2.05, 4.69) is 17.2 Å². The lowest BCUT2D eigenvalue weighted by Gasteiger charge is -2.01. The zero-order valence-electron chi connectivity index (χ0n) is 9.68. The van der Waals surface area contributed by atoms with Gasteiger partial charge < -0.3 is 9.57 Å². The highest BCUT2D eigenvalue weighted by Crippen LogP contribution is 2.31. The SMILES string of the molecule is COc1nn(OC)c2ccc3ccccc3c12. The van der Waals surface area contributed by atoms with Gasteiger partial charge in [0.25, 0.3) is 0 Å². The summed E-state index contributed by atoms with van der Waals surface area (Å²) in [4.78, 5) is 6.66. The summed E-state index contributed by atoms with van der Waals surface area (Å²) < 4.78 is 5.31. The van der Waals surface area contributed by atoms with E-state index in [0.717, 1.165) is 21.7 Å². The van der Waals surface area contributed by atoms with E-state index in [0.29, 0.717) is 5.88 Å². The molecule has 86 valence electrons. The summed E-state index contributed by atoms with van der Waals surface area (Å²) in [6.45, 7) is 0. The van der Waals surface area contributed by atoms with Crippen LogP contribution in [0.5, 0.6) is 5.88 Å². The van der Waals surface area contributed by atoms with Crippen molar-refractivity contribution in [3.05, 3.63) is 36.4 Å². The zero-order chi connectivity index (χ0) is 11.8. The minimum absolute atomic E-state index is 0.582. The Kier molecular flexibility index (Phi) is 2.14. The van der Waals surface area contributed by atoms with Gasteiger partial charge in [0.2, 0.25) is 5.88 Å². The molecule has 0 aliphatic carbocycles. The Balaban J connectivity index is 2.52. The van der Waals surface area contributed by atoms with Gasteiger partial charge in [-0.3, -0.25) is 0 Å². The second-order valence-electron chi connectivity index (χ2n) is 3.75. The van der Waals surface area contributed by atoms with Crippen LogP contribution in [0.15, 0.2) is 36.4 Å². The van der Waals surface area contributed by atoms with E-state index >= 15 is 0 Å². The first-order valence-corrected chi connectivity index (χ1v) is 5.34. The van der Waals surface area contributed by atoms with Crippen molar-refractivity contribution >= 4 is 21.7 Å². The molecule has 0 saturated carbocycles. The van der Waals surface area contributed by atoms with Crippen LogP contribution in [0.4, 0.5) is 0 Å². The van der Waals surface area contributed by atoms with Crippen molar-refractivity contribution in [2.24, 2.45) is 0 Å². The maximum Gasteiger partial charge on any atom is 0.244 e. The van der Waals surface area contributed by atoms with Gasteiger partial charge in [0.15, 0.2) is 0 Å². The van der Waals surface area contributed by atoms with Crippen LogP contribution in [-0.4, -0.2) is 24.2 Å². The first-order chi connectivity index (χ1) is 8.35. The monoisotopic (exact) mass is 228 g/mol. The van der Waals surface area contributed by atoms with Gasteiger partial charge in [0.05, 0.1) is 12.5 Å². The highest BCUT2D eigenvalue weighted by atomic mass is 16.7. The van der Waals surface area contributed by atoms with E-state index in [1.807, 2.05) is 24.3 Å². The van der Waals surface area contributed by atoms with Crippen molar-refractivity contribution in [3.63, 3.8) is 0 Å². The average molecular weight is 228 g/mol. The zero-order valence-corrected chi connectivity index (χ0v) is 9.68. The number of fused-ring (bicyclic) bond motifs is 3. The molecule has 0 radical (unpaired) electrons. The molecule has 0 N–H and O–H groups in total. The third kappa shape index (κ3) is 1.34. The third-order valence-corrected chi connectivity index (χ3v) is 2.87. The summed E-state index contributed by atoms with van der Waals surface area (Å²) in [5.41, 5.74) is 0.906. The van der Waals surface area contributed by atoms with Crippen LogP contribution in [-0.2, 0) is 0 Å². The number of rotatable bonds is 2. The lowest BCUT2D eigenvalue weighted by atomic mass is 10.1. The summed E-state index contributed by atoms with van der Waals surface area (Å²) in [5.74, 6) is 0.582. The van der Waals surface area contributed by atoms with Gasteiger partial charge in [-0.05, 0) is 16.8 Å². The molecule has 0 spiro atoms. The lowest BCUT2D eigenvalue weighted by Crippen LogP contribution is -2.06. The number of hydrogen-bond donors (Lipinski definition) is 0. The maximum absolute atomic E-state index is 5.31. The molecule has 4 nitrogen and oxygen atoms in total. The Morgan fingerprint density at radius 2 is 1.88 bits per heavy atom. The fraction of sp³-hybridized carbons (Fsp3) is 0.154. The predicted octanol–water partition coefficient (Wildman–Crippen LogP) is 2.26. The Bertz CT molecular complexity index is 688. The maximum atomic E-state index is 5.31. The van der Waals surface area contributed by atoms with Crippen LogP contribution in [0.25, 0.3) is 21.7 Å². The summed E-state index contributed by atoms with van der Waals surface area (Å²) in [7, 11) is 3.20. The molecule has 3 rings (SSSR count). The molecule has 0 bridgehead atoms. The van der Waals surface area contributed by atoms with Gasteiger partial charge in [0.1, 0.15) is 12.6 Å². The summed E-state index contributed by atoms with van der Waals surface area (Å²) in [6.07, 6.45) is 0. The van der Waals surface area contributed by atoms with E-state index in [1.54, 1.807) is 14.2 Å². The smallest absolute Gasteiger partial charge is 0.244 e. The van der Waals surface area contributed by atoms with Crippen LogP contribution < -0.4 is 9.57 Å². The van der Waals surface area contributed by atoms with Crippen LogP contribution in [0, 0.1) is 0 Å². The minimum Gasteiger partial charge on any atom is -0.479 e. The highest BCUT2D eigenvalue weighted by Gasteiger charge is 2.13. The first kappa shape index (κ1) is 9.96. The predicted molar refractivity (Wildman–Crippen MR) is 66.3 cm³/mol. The molecule has 0 aliphatic heterocycles. The normalized spacial score (nSPS) is 10.9. The molecule has 1 aromatic heterocycles. The van der Waals surface area contributed by atoms with Crippen molar-refractivity contribution in [2.45, 2.75) is 0 Å². The van der Waals surface area contributed by atoms with Crippen molar-refractivity contribution in [1.29, 1.82) is 0 Å². The van der Waals surface area contributed by atoms with Gasteiger partial charge in [-0.1, -0.05) is 40.3 Å². The van der Waals surface area contributed by atoms with Crippen molar-refractivity contribution < 1.29 is 9.57 Å². The van der Waals surface area contributed by atoms with Crippen LogP contribution in [0.2, 0.25) is 0 Å². The molecule has 0 aliphatic rings. The first-order valence-electron chi connectivity index (χ1n) is 5.34. The number of aromatic nitrogens is 2. The molecule has 0 saturated heterocycles.